The number of hydrogen-bond acceptors (Lipinski definition) is 2. The molecule has 1 atom stereocenters. The minimum atomic E-state index is 0.685. The van der Waals surface area contributed by atoms with Crippen molar-refractivity contribution in [1.82, 2.24) is 4.98 Å². The molecule has 0 bridgehead atoms. The maximum absolute atomic E-state index is 4.28. The van der Waals surface area contributed by atoms with E-state index in [1.165, 1.54) is 6.42 Å². The number of anilines is 1. The summed E-state index contributed by atoms with van der Waals surface area (Å²) in [5.41, 5.74) is 0. The van der Waals surface area contributed by atoms with E-state index in [1.807, 2.05) is 18.3 Å². The molecular weight excluding hydrogens is 136 g/mol. The van der Waals surface area contributed by atoms with Crippen LogP contribution in [0, 0.1) is 0 Å². The van der Waals surface area contributed by atoms with E-state index in [4.69, 9.17) is 0 Å². The Bertz CT molecular complexity index is 233. The predicted octanol–water partition coefficient (Wildman–Crippen LogP) is 1.68. The zero-order valence-corrected chi connectivity index (χ0v) is 6.70. The Morgan fingerprint density at radius 1 is 1.55 bits per heavy atom. The van der Waals surface area contributed by atoms with Gasteiger partial charge in [0.1, 0.15) is 5.82 Å². The predicted molar refractivity (Wildman–Crippen MR) is 45.7 cm³/mol. The van der Waals surface area contributed by atoms with Gasteiger partial charge in [-0.1, -0.05) is 6.07 Å². The fourth-order valence-electron chi connectivity index (χ4n) is 1.38. The lowest BCUT2D eigenvalue weighted by Gasteiger charge is -2.39. The highest BCUT2D eigenvalue weighted by atomic mass is 15.2. The smallest absolute Gasteiger partial charge is 0.128 e. The first-order valence-corrected chi connectivity index (χ1v) is 4.05. The summed E-state index contributed by atoms with van der Waals surface area (Å²) in [4.78, 5) is 6.60. The molecule has 0 N–H and O–H groups in total. The monoisotopic (exact) mass is 148 g/mol. The first kappa shape index (κ1) is 6.65. The lowest BCUT2D eigenvalue weighted by Crippen LogP contribution is -2.46. The molecule has 0 aliphatic carbocycles. The Morgan fingerprint density at radius 3 is 2.91 bits per heavy atom. The van der Waals surface area contributed by atoms with Crippen molar-refractivity contribution in [2.24, 2.45) is 0 Å². The van der Waals surface area contributed by atoms with Crippen molar-refractivity contribution >= 4 is 5.82 Å². The van der Waals surface area contributed by atoms with Crippen molar-refractivity contribution in [3.8, 4) is 0 Å². The van der Waals surface area contributed by atoms with Crippen molar-refractivity contribution in [1.29, 1.82) is 0 Å². The third-order valence-corrected chi connectivity index (χ3v) is 2.26. The van der Waals surface area contributed by atoms with Crippen LogP contribution in [-0.2, 0) is 0 Å². The second kappa shape index (κ2) is 2.53. The van der Waals surface area contributed by atoms with Crippen LogP contribution in [0.5, 0.6) is 0 Å². The fraction of sp³-hybridized carbons (Fsp3) is 0.444. The summed E-state index contributed by atoms with van der Waals surface area (Å²) in [5, 5.41) is 0. The Labute approximate surface area is 66.9 Å². The molecule has 1 aliphatic heterocycles. The van der Waals surface area contributed by atoms with E-state index in [0.717, 1.165) is 12.4 Å². The fourth-order valence-corrected chi connectivity index (χ4v) is 1.38. The largest absolute Gasteiger partial charge is 0.354 e. The van der Waals surface area contributed by atoms with Crippen LogP contribution in [0.25, 0.3) is 0 Å². The van der Waals surface area contributed by atoms with Crippen molar-refractivity contribution in [3.63, 3.8) is 0 Å². The Morgan fingerprint density at radius 2 is 2.45 bits per heavy atom. The van der Waals surface area contributed by atoms with Gasteiger partial charge in [-0.2, -0.15) is 0 Å². The lowest BCUT2D eigenvalue weighted by molar-refractivity contribution is 0.476. The molecular formula is C9H12N2. The molecule has 0 spiro atoms. The third kappa shape index (κ3) is 1.09. The molecule has 58 valence electrons. The van der Waals surface area contributed by atoms with Crippen LogP contribution < -0.4 is 4.90 Å². The molecule has 1 saturated heterocycles. The average molecular weight is 148 g/mol. The van der Waals surface area contributed by atoms with Crippen LogP contribution in [0.4, 0.5) is 5.82 Å². The number of rotatable bonds is 1. The van der Waals surface area contributed by atoms with Gasteiger partial charge in [-0.05, 0) is 25.5 Å². The van der Waals surface area contributed by atoms with Gasteiger partial charge < -0.3 is 4.90 Å². The van der Waals surface area contributed by atoms with Crippen molar-refractivity contribution in [2.45, 2.75) is 19.4 Å². The summed E-state index contributed by atoms with van der Waals surface area (Å²) in [6, 6.07) is 6.74. The van der Waals surface area contributed by atoms with Crippen molar-refractivity contribution < 1.29 is 0 Å². The van der Waals surface area contributed by atoms with Crippen LogP contribution in [0.2, 0.25) is 0 Å². The normalized spacial score (nSPS) is 23.0. The lowest BCUT2D eigenvalue weighted by atomic mass is 10.1. The highest BCUT2D eigenvalue weighted by Crippen LogP contribution is 2.22. The van der Waals surface area contributed by atoms with Crippen LogP contribution in [0.15, 0.2) is 24.4 Å². The highest BCUT2D eigenvalue weighted by Gasteiger charge is 2.23. The van der Waals surface area contributed by atoms with Crippen molar-refractivity contribution in [2.75, 3.05) is 11.4 Å². The van der Waals surface area contributed by atoms with Gasteiger partial charge in [0.25, 0.3) is 0 Å². The molecule has 2 rings (SSSR count). The molecule has 1 aromatic rings. The minimum Gasteiger partial charge on any atom is -0.354 e. The van der Waals surface area contributed by atoms with Crippen LogP contribution in [0.1, 0.15) is 13.3 Å². The van der Waals surface area contributed by atoms with E-state index in [9.17, 15) is 0 Å². The van der Waals surface area contributed by atoms with Gasteiger partial charge in [-0.15, -0.1) is 0 Å². The van der Waals surface area contributed by atoms with Gasteiger partial charge in [-0.3, -0.25) is 0 Å². The zero-order chi connectivity index (χ0) is 7.68. The van der Waals surface area contributed by atoms with E-state index in [2.05, 4.69) is 22.9 Å². The second-order valence-corrected chi connectivity index (χ2v) is 3.02. The summed E-state index contributed by atoms with van der Waals surface area (Å²) >= 11 is 0. The molecule has 2 nitrogen and oxygen atoms in total. The summed E-state index contributed by atoms with van der Waals surface area (Å²) < 4.78 is 0. The first-order valence-electron chi connectivity index (χ1n) is 4.05. The number of pyridine rings is 1. The molecule has 1 aromatic heterocycles. The Hall–Kier alpha value is -1.05. The van der Waals surface area contributed by atoms with Gasteiger partial charge in [0, 0.05) is 18.8 Å². The summed E-state index contributed by atoms with van der Waals surface area (Å²) in [6.07, 6.45) is 3.15. The summed E-state index contributed by atoms with van der Waals surface area (Å²) in [6.45, 7) is 3.40. The van der Waals surface area contributed by atoms with Crippen LogP contribution in [-0.4, -0.2) is 17.6 Å². The zero-order valence-electron chi connectivity index (χ0n) is 6.70. The first-order chi connectivity index (χ1) is 5.38. The Kier molecular flexibility index (Phi) is 1.53. The highest BCUT2D eigenvalue weighted by molar-refractivity contribution is 5.41. The van der Waals surface area contributed by atoms with Gasteiger partial charge >= 0.3 is 0 Å². The second-order valence-electron chi connectivity index (χ2n) is 3.02. The van der Waals surface area contributed by atoms with E-state index < -0.39 is 0 Å². The molecule has 0 amide bonds. The van der Waals surface area contributed by atoms with E-state index >= 15 is 0 Å². The molecule has 2 heteroatoms. The van der Waals surface area contributed by atoms with Gasteiger partial charge in [0.05, 0.1) is 0 Å². The molecule has 2 heterocycles. The molecule has 0 saturated carbocycles. The third-order valence-electron chi connectivity index (χ3n) is 2.26. The number of nitrogens with zero attached hydrogens (tertiary/aromatic N) is 2. The van der Waals surface area contributed by atoms with Gasteiger partial charge in [0.15, 0.2) is 0 Å². The number of hydrogen-bond donors (Lipinski definition) is 0. The van der Waals surface area contributed by atoms with Crippen LogP contribution in [0.3, 0.4) is 0 Å². The van der Waals surface area contributed by atoms with E-state index in [1.54, 1.807) is 0 Å². The van der Waals surface area contributed by atoms with Gasteiger partial charge in [0.2, 0.25) is 0 Å². The molecule has 11 heavy (non-hydrogen) atoms. The molecule has 0 aromatic carbocycles. The van der Waals surface area contributed by atoms with E-state index in [-0.39, 0.29) is 0 Å². The van der Waals surface area contributed by atoms with Crippen molar-refractivity contribution in [3.05, 3.63) is 24.4 Å². The maximum Gasteiger partial charge on any atom is 0.128 e. The summed E-state index contributed by atoms with van der Waals surface area (Å²) in [5.74, 6) is 1.12. The topological polar surface area (TPSA) is 16.1 Å². The van der Waals surface area contributed by atoms with Gasteiger partial charge in [-0.25, -0.2) is 4.98 Å². The average Bonchev–Trinajstić information content (AvgIpc) is 2.04. The SMILES string of the molecule is C[C@@H]1CCN1c1ccccn1. The van der Waals surface area contributed by atoms with E-state index in [0.29, 0.717) is 6.04 Å². The number of aromatic nitrogens is 1. The standard InChI is InChI=1S/C9H12N2/c1-8-5-7-11(8)9-4-2-3-6-10-9/h2-4,6,8H,5,7H2,1H3/t8-/m1/s1. The Balaban J connectivity index is 2.17. The molecule has 1 fully saturated rings. The minimum absolute atomic E-state index is 0.685. The molecule has 1 aliphatic rings. The van der Waals surface area contributed by atoms with Crippen LogP contribution >= 0.6 is 0 Å². The quantitative estimate of drug-likeness (QED) is 0.602. The summed E-state index contributed by atoms with van der Waals surface area (Å²) in [7, 11) is 0. The maximum atomic E-state index is 4.28. The molecule has 0 radical (unpaired) electrons. The molecule has 0 unspecified atom stereocenters.